The van der Waals surface area contributed by atoms with E-state index in [4.69, 9.17) is 4.74 Å². The third-order valence-corrected chi connectivity index (χ3v) is 3.28. The lowest BCUT2D eigenvalue weighted by atomic mass is 9.89. The summed E-state index contributed by atoms with van der Waals surface area (Å²) in [6, 6.07) is 7.35. The molecule has 1 aromatic rings. The summed E-state index contributed by atoms with van der Waals surface area (Å²) in [7, 11) is 0. The van der Waals surface area contributed by atoms with E-state index in [1.54, 1.807) is 12.1 Å². The molecule has 0 aromatic heterocycles. The highest BCUT2D eigenvalue weighted by Gasteiger charge is 2.19. The van der Waals surface area contributed by atoms with Crippen LogP contribution in [0, 0.1) is 5.92 Å². The van der Waals surface area contributed by atoms with Gasteiger partial charge in [0.25, 0.3) is 0 Å². The van der Waals surface area contributed by atoms with E-state index in [0.717, 1.165) is 30.8 Å². The van der Waals surface area contributed by atoms with Crippen LogP contribution in [-0.2, 0) is 0 Å². The summed E-state index contributed by atoms with van der Waals surface area (Å²) in [6.45, 7) is 2.30. The molecule has 0 saturated heterocycles. The Morgan fingerprint density at radius 3 is 2.31 bits per heavy atom. The lowest BCUT2D eigenvalue weighted by Gasteiger charge is -2.26. The Bertz CT molecular complexity index is 334. The van der Waals surface area contributed by atoms with Gasteiger partial charge in [-0.15, -0.1) is 0 Å². The first-order valence-corrected chi connectivity index (χ1v) is 6.00. The van der Waals surface area contributed by atoms with Crippen molar-refractivity contribution in [1.82, 2.24) is 0 Å². The molecule has 0 radical (unpaired) electrons. The minimum absolute atomic E-state index is 0.360. The standard InChI is InChI=1S/C14H18O2/c1-11-2-6-13(7-3-11)16-14-8-4-12(10-15)5-9-14/h4-5,8-11,13H,2-3,6-7H2,1H3. The third kappa shape index (κ3) is 2.84. The summed E-state index contributed by atoms with van der Waals surface area (Å²) >= 11 is 0. The Labute approximate surface area is 96.6 Å². The van der Waals surface area contributed by atoms with Gasteiger partial charge in [-0.2, -0.15) is 0 Å². The monoisotopic (exact) mass is 218 g/mol. The molecule has 2 nitrogen and oxygen atoms in total. The topological polar surface area (TPSA) is 26.3 Å². The highest BCUT2D eigenvalue weighted by molar-refractivity contribution is 5.74. The zero-order chi connectivity index (χ0) is 11.4. The fourth-order valence-corrected chi connectivity index (χ4v) is 2.16. The second kappa shape index (κ2) is 5.15. The zero-order valence-electron chi connectivity index (χ0n) is 9.69. The summed E-state index contributed by atoms with van der Waals surface area (Å²) in [6.07, 6.45) is 6.03. The van der Waals surface area contributed by atoms with E-state index in [1.807, 2.05) is 12.1 Å². The second-order valence-electron chi connectivity index (χ2n) is 4.69. The van der Waals surface area contributed by atoms with E-state index < -0.39 is 0 Å². The van der Waals surface area contributed by atoms with Crippen molar-refractivity contribution in [1.29, 1.82) is 0 Å². The Balaban J connectivity index is 1.91. The van der Waals surface area contributed by atoms with E-state index in [1.165, 1.54) is 12.8 Å². The molecule has 0 aliphatic heterocycles. The smallest absolute Gasteiger partial charge is 0.150 e. The molecule has 2 rings (SSSR count). The molecule has 1 aliphatic carbocycles. The van der Waals surface area contributed by atoms with Gasteiger partial charge in [0.15, 0.2) is 0 Å². The van der Waals surface area contributed by atoms with Crippen molar-refractivity contribution in [3.05, 3.63) is 29.8 Å². The molecule has 0 atom stereocenters. The van der Waals surface area contributed by atoms with Crippen LogP contribution in [0.5, 0.6) is 5.75 Å². The Kier molecular flexibility index (Phi) is 3.60. The van der Waals surface area contributed by atoms with Gasteiger partial charge in [0.2, 0.25) is 0 Å². The van der Waals surface area contributed by atoms with Gasteiger partial charge < -0.3 is 4.74 Å². The highest BCUT2D eigenvalue weighted by atomic mass is 16.5. The first-order chi connectivity index (χ1) is 7.78. The predicted molar refractivity (Wildman–Crippen MR) is 63.9 cm³/mol. The van der Waals surface area contributed by atoms with Gasteiger partial charge in [-0.3, -0.25) is 4.79 Å². The second-order valence-corrected chi connectivity index (χ2v) is 4.69. The fourth-order valence-electron chi connectivity index (χ4n) is 2.16. The Morgan fingerprint density at radius 2 is 1.75 bits per heavy atom. The van der Waals surface area contributed by atoms with Crippen molar-refractivity contribution in [3.63, 3.8) is 0 Å². The van der Waals surface area contributed by atoms with Crippen LogP contribution in [0.2, 0.25) is 0 Å². The molecular formula is C14H18O2. The molecular weight excluding hydrogens is 200 g/mol. The molecule has 16 heavy (non-hydrogen) atoms. The van der Waals surface area contributed by atoms with Crippen molar-refractivity contribution in [2.75, 3.05) is 0 Å². The van der Waals surface area contributed by atoms with Crippen molar-refractivity contribution in [2.24, 2.45) is 5.92 Å². The minimum Gasteiger partial charge on any atom is -0.490 e. The van der Waals surface area contributed by atoms with Crippen LogP contribution in [0.1, 0.15) is 43.0 Å². The average Bonchev–Trinajstić information content (AvgIpc) is 2.33. The number of aldehydes is 1. The first-order valence-electron chi connectivity index (χ1n) is 6.00. The molecule has 0 unspecified atom stereocenters. The van der Waals surface area contributed by atoms with Gasteiger partial charge in [-0.1, -0.05) is 6.92 Å². The van der Waals surface area contributed by atoms with E-state index in [9.17, 15) is 4.79 Å². The molecule has 0 N–H and O–H groups in total. The van der Waals surface area contributed by atoms with Gasteiger partial charge in [0.1, 0.15) is 12.0 Å². The number of hydrogen-bond donors (Lipinski definition) is 0. The number of hydrogen-bond acceptors (Lipinski definition) is 2. The van der Waals surface area contributed by atoms with Crippen LogP contribution in [0.15, 0.2) is 24.3 Å². The quantitative estimate of drug-likeness (QED) is 0.726. The van der Waals surface area contributed by atoms with E-state index in [-0.39, 0.29) is 0 Å². The van der Waals surface area contributed by atoms with Crippen LogP contribution in [0.3, 0.4) is 0 Å². The van der Waals surface area contributed by atoms with Gasteiger partial charge >= 0.3 is 0 Å². The molecule has 0 bridgehead atoms. The summed E-state index contributed by atoms with van der Waals surface area (Å²) in [5.74, 6) is 1.72. The molecule has 0 spiro atoms. The van der Waals surface area contributed by atoms with Crippen molar-refractivity contribution in [2.45, 2.75) is 38.7 Å². The first kappa shape index (κ1) is 11.2. The van der Waals surface area contributed by atoms with Crippen molar-refractivity contribution < 1.29 is 9.53 Å². The molecule has 1 aromatic carbocycles. The largest absolute Gasteiger partial charge is 0.490 e. The summed E-state index contributed by atoms with van der Waals surface area (Å²) in [5.41, 5.74) is 0.699. The Morgan fingerprint density at radius 1 is 1.12 bits per heavy atom. The maximum Gasteiger partial charge on any atom is 0.150 e. The van der Waals surface area contributed by atoms with Crippen molar-refractivity contribution in [3.8, 4) is 5.75 Å². The van der Waals surface area contributed by atoms with Crippen LogP contribution in [-0.4, -0.2) is 12.4 Å². The van der Waals surface area contributed by atoms with Gasteiger partial charge in [0, 0.05) is 5.56 Å². The van der Waals surface area contributed by atoms with Gasteiger partial charge in [-0.25, -0.2) is 0 Å². The molecule has 1 fully saturated rings. The molecule has 0 amide bonds. The third-order valence-electron chi connectivity index (χ3n) is 3.28. The number of rotatable bonds is 3. The SMILES string of the molecule is CC1CCC(Oc2ccc(C=O)cc2)CC1. The van der Waals surface area contributed by atoms with E-state index in [2.05, 4.69) is 6.92 Å². The lowest BCUT2D eigenvalue weighted by Crippen LogP contribution is -2.22. The van der Waals surface area contributed by atoms with Crippen LogP contribution >= 0.6 is 0 Å². The molecule has 2 heteroatoms. The lowest BCUT2D eigenvalue weighted by molar-refractivity contribution is 0.112. The van der Waals surface area contributed by atoms with Gasteiger partial charge in [0.05, 0.1) is 6.10 Å². The maximum absolute atomic E-state index is 10.5. The number of carbonyl (C=O) groups excluding carboxylic acids is 1. The summed E-state index contributed by atoms with van der Waals surface area (Å²) in [5, 5.41) is 0. The summed E-state index contributed by atoms with van der Waals surface area (Å²) in [4.78, 5) is 10.5. The number of benzene rings is 1. The van der Waals surface area contributed by atoms with Crippen molar-refractivity contribution >= 4 is 6.29 Å². The number of carbonyl (C=O) groups is 1. The normalized spacial score (nSPS) is 25.1. The fraction of sp³-hybridized carbons (Fsp3) is 0.500. The maximum atomic E-state index is 10.5. The summed E-state index contributed by atoms with van der Waals surface area (Å²) < 4.78 is 5.89. The predicted octanol–water partition coefficient (Wildman–Crippen LogP) is 3.46. The molecule has 1 saturated carbocycles. The van der Waals surface area contributed by atoms with Crippen LogP contribution < -0.4 is 4.74 Å². The molecule has 86 valence electrons. The van der Waals surface area contributed by atoms with Crippen LogP contribution in [0.25, 0.3) is 0 Å². The minimum atomic E-state index is 0.360. The molecule has 1 aliphatic rings. The van der Waals surface area contributed by atoms with E-state index >= 15 is 0 Å². The number of ether oxygens (including phenoxy) is 1. The zero-order valence-corrected chi connectivity index (χ0v) is 9.69. The molecule has 0 heterocycles. The van der Waals surface area contributed by atoms with E-state index in [0.29, 0.717) is 11.7 Å². The van der Waals surface area contributed by atoms with Crippen LogP contribution in [0.4, 0.5) is 0 Å². The van der Waals surface area contributed by atoms with Gasteiger partial charge in [-0.05, 0) is 55.9 Å². The highest BCUT2D eigenvalue weighted by Crippen LogP contribution is 2.27. The average molecular weight is 218 g/mol. The Hall–Kier alpha value is -1.31.